The van der Waals surface area contributed by atoms with Crippen LogP contribution in [-0.4, -0.2) is 31.0 Å². The summed E-state index contributed by atoms with van der Waals surface area (Å²) in [5.41, 5.74) is 6.44. The molecule has 1 aromatic heterocycles. The van der Waals surface area contributed by atoms with E-state index in [1.54, 1.807) is 18.0 Å². The predicted molar refractivity (Wildman–Crippen MR) is 65.3 cm³/mol. The summed E-state index contributed by atoms with van der Waals surface area (Å²) in [6, 6.07) is 3.52. The number of carbonyl (C=O) groups is 1. The van der Waals surface area contributed by atoms with Crippen molar-refractivity contribution in [1.82, 2.24) is 10.3 Å². The summed E-state index contributed by atoms with van der Waals surface area (Å²) in [5.74, 6) is 0.328. The number of hydrogen-bond acceptors (Lipinski definition) is 5. The Balaban J connectivity index is 2.86. The molecule has 0 aromatic carbocycles. The number of likely N-dealkylation sites (N-methyl/N-ethyl adjacent to an activating group) is 2. The minimum Gasteiger partial charge on any atom is -0.395 e. The number of aromatic nitrogens is 1. The van der Waals surface area contributed by atoms with Crippen LogP contribution in [-0.2, 0) is 4.79 Å². The minimum absolute atomic E-state index is 0.112. The molecule has 0 saturated heterocycles. The van der Waals surface area contributed by atoms with Crippen LogP contribution in [0.5, 0.6) is 0 Å². The van der Waals surface area contributed by atoms with E-state index in [0.717, 1.165) is 0 Å². The van der Waals surface area contributed by atoms with Crippen LogP contribution in [0.1, 0.15) is 12.5 Å². The summed E-state index contributed by atoms with van der Waals surface area (Å²) in [4.78, 5) is 17.1. The van der Waals surface area contributed by atoms with Gasteiger partial charge in [0.1, 0.15) is 6.07 Å². The van der Waals surface area contributed by atoms with Gasteiger partial charge in [-0.15, -0.1) is 0 Å². The first-order valence-corrected chi connectivity index (χ1v) is 5.22. The van der Waals surface area contributed by atoms with Gasteiger partial charge in [-0.2, -0.15) is 5.26 Å². The van der Waals surface area contributed by atoms with Gasteiger partial charge in [-0.25, -0.2) is 4.98 Å². The van der Waals surface area contributed by atoms with Gasteiger partial charge in [0.05, 0.1) is 17.8 Å². The van der Waals surface area contributed by atoms with Crippen molar-refractivity contribution in [3.8, 4) is 6.07 Å². The Bertz CT molecular complexity index is 452. The Morgan fingerprint density at radius 3 is 3.00 bits per heavy atom. The number of nitrogens with one attached hydrogen (secondary N) is 1. The lowest BCUT2D eigenvalue weighted by atomic mass is 10.2. The summed E-state index contributed by atoms with van der Waals surface area (Å²) in [5, 5.41) is 11.5. The Labute approximate surface area is 100 Å². The van der Waals surface area contributed by atoms with Gasteiger partial charge in [0, 0.05) is 19.8 Å². The molecule has 6 nitrogen and oxygen atoms in total. The largest absolute Gasteiger partial charge is 0.395 e. The molecule has 17 heavy (non-hydrogen) atoms. The zero-order valence-electron chi connectivity index (χ0n) is 9.90. The van der Waals surface area contributed by atoms with Crippen LogP contribution in [0.2, 0.25) is 0 Å². The second-order valence-electron chi connectivity index (χ2n) is 3.52. The number of carbonyl (C=O) groups excluding carboxylic acids is 1. The maximum atomic E-state index is 11.4. The number of rotatable bonds is 4. The molecule has 0 aliphatic heterocycles. The van der Waals surface area contributed by atoms with Crippen molar-refractivity contribution >= 4 is 17.4 Å². The third-order valence-electron chi connectivity index (χ3n) is 2.21. The molecule has 1 rings (SSSR count). The third-order valence-corrected chi connectivity index (χ3v) is 2.21. The predicted octanol–water partition coefficient (Wildman–Crippen LogP) is 0.108. The number of amides is 1. The Morgan fingerprint density at radius 1 is 1.71 bits per heavy atom. The highest BCUT2D eigenvalue weighted by Crippen LogP contribution is 2.21. The van der Waals surface area contributed by atoms with Crippen molar-refractivity contribution in [2.24, 2.45) is 0 Å². The molecular formula is C11H15N5O. The normalized spacial score (nSPS) is 9.47. The highest BCUT2D eigenvalue weighted by atomic mass is 16.2. The van der Waals surface area contributed by atoms with Crippen molar-refractivity contribution in [2.75, 3.05) is 30.8 Å². The zero-order valence-corrected chi connectivity index (χ0v) is 9.90. The molecule has 0 radical (unpaired) electrons. The van der Waals surface area contributed by atoms with Crippen LogP contribution in [0.25, 0.3) is 0 Å². The van der Waals surface area contributed by atoms with Gasteiger partial charge < -0.3 is 16.0 Å². The van der Waals surface area contributed by atoms with E-state index in [-0.39, 0.29) is 12.5 Å². The van der Waals surface area contributed by atoms with Gasteiger partial charge in [0.25, 0.3) is 0 Å². The summed E-state index contributed by atoms with van der Waals surface area (Å²) in [6.45, 7) is 2.58. The SMILES string of the molecule is CCNC(=O)CN(C)c1nccc(C#N)c1N. The van der Waals surface area contributed by atoms with E-state index < -0.39 is 0 Å². The average molecular weight is 233 g/mol. The first kappa shape index (κ1) is 12.8. The Morgan fingerprint density at radius 2 is 2.41 bits per heavy atom. The van der Waals surface area contributed by atoms with E-state index in [1.165, 1.54) is 6.20 Å². The first-order valence-electron chi connectivity index (χ1n) is 5.22. The molecule has 1 heterocycles. The van der Waals surface area contributed by atoms with Crippen LogP contribution in [0.15, 0.2) is 12.3 Å². The number of nitriles is 1. The number of nitrogens with zero attached hydrogens (tertiary/aromatic N) is 3. The van der Waals surface area contributed by atoms with Crippen LogP contribution < -0.4 is 16.0 Å². The molecule has 0 aliphatic rings. The molecule has 0 aliphatic carbocycles. The van der Waals surface area contributed by atoms with Gasteiger partial charge in [-0.1, -0.05) is 0 Å². The molecule has 0 atom stereocenters. The van der Waals surface area contributed by atoms with Crippen molar-refractivity contribution in [3.63, 3.8) is 0 Å². The maximum Gasteiger partial charge on any atom is 0.239 e. The Hall–Kier alpha value is -2.29. The van der Waals surface area contributed by atoms with Crippen LogP contribution in [0.3, 0.4) is 0 Å². The molecule has 0 saturated carbocycles. The first-order chi connectivity index (χ1) is 8.10. The highest BCUT2D eigenvalue weighted by Gasteiger charge is 2.12. The molecule has 1 amide bonds. The van der Waals surface area contributed by atoms with Gasteiger partial charge in [-0.05, 0) is 13.0 Å². The topological polar surface area (TPSA) is 95.0 Å². The highest BCUT2D eigenvalue weighted by molar-refractivity contribution is 5.82. The lowest BCUT2D eigenvalue weighted by molar-refractivity contribution is -0.119. The number of pyridine rings is 1. The van der Waals surface area contributed by atoms with E-state index in [4.69, 9.17) is 11.0 Å². The number of nitrogen functional groups attached to an aromatic ring is 1. The molecule has 0 fully saturated rings. The molecule has 1 aromatic rings. The smallest absolute Gasteiger partial charge is 0.239 e. The molecule has 3 N–H and O–H groups in total. The average Bonchev–Trinajstić information content (AvgIpc) is 2.29. The number of anilines is 2. The monoisotopic (exact) mass is 233 g/mol. The van der Waals surface area contributed by atoms with Crippen molar-refractivity contribution in [1.29, 1.82) is 5.26 Å². The van der Waals surface area contributed by atoms with E-state index >= 15 is 0 Å². The van der Waals surface area contributed by atoms with Gasteiger partial charge >= 0.3 is 0 Å². The van der Waals surface area contributed by atoms with Crippen molar-refractivity contribution in [2.45, 2.75) is 6.92 Å². The van der Waals surface area contributed by atoms with Gasteiger partial charge in [-0.3, -0.25) is 4.79 Å². The quantitative estimate of drug-likeness (QED) is 0.769. The molecule has 0 bridgehead atoms. The zero-order chi connectivity index (χ0) is 12.8. The third kappa shape index (κ3) is 3.08. The van der Waals surface area contributed by atoms with E-state index in [9.17, 15) is 4.79 Å². The fraction of sp³-hybridized carbons (Fsp3) is 0.364. The summed E-state index contributed by atoms with van der Waals surface area (Å²) >= 11 is 0. The second-order valence-corrected chi connectivity index (χ2v) is 3.52. The minimum atomic E-state index is -0.112. The standard InChI is InChI=1S/C11H15N5O/c1-3-14-9(17)7-16(2)11-10(13)8(6-12)4-5-15-11/h4-5H,3,7,13H2,1-2H3,(H,14,17). The molecule has 0 unspecified atom stereocenters. The lowest BCUT2D eigenvalue weighted by Gasteiger charge is -2.19. The van der Waals surface area contributed by atoms with Crippen LogP contribution in [0.4, 0.5) is 11.5 Å². The van der Waals surface area contributed by atoms with Gasteiger partial charge in [0.2, 0.25) is 5.91 Å². The fourth-order valence-corrected chi connectivity index (χ4v) is 1.41. The summed E-state index contributed by atoms with van der Waals surface area (Å²) in [6.07, 6.45) is 1.50. The summed E-state index contributed by atoms with van der Waals surface area (Å²) < 4.78 is 0. The van der Waals surface area contributed by atoms with Gasteiger partial charge in [0.15, 0.2) is 5.82 Å². The molecule has 90 valence electrons. The van der Waals surface area contributed by atoms with E-state index in [0.29, 0.717) is 23.6 Å². The van der Waals surface area contributed by atoms with E-state index in [2.05, 4.69) is 10.3 Å². The van der Waals surface area contributed by atoms with Crippen molar-refractivity contribution in [3.05, 3.63) is 17.8 Å². The van der Waals surface area contributed by atoms with Crippen LogP contribution >= 0.6 is 0 Å². The number of nitrogens with two attached hydrogens (primary N) is 1. The molecule has 6 heteroatoms. The van der Waals surface area contributed by atoms with Crippen LogP contribution in [0, 0.1) is 11.3 Å². The maximum absolute atomic E-state index is 11.4. The van der Waals surface area contributed by atoms with E-state index in [1.807, 2.05) is 13.0 Å². The fourth-order valence-electron chi connectivity index (χ4n) is 1.41. The summed E-state index contributed by atoms with van der Waals surface area (Å²) in [7, 11) is 1.70. The Kier molecular flexibility index (Phi) is 4.29. The van der Waals surface area contributed by atoms with Crippen molar-refractivity contribution < 1.29 is 4.79 Å². The molecular weight excluding hydrogens is 218 g/mol. The lowest BCUT2D eigenvalue weighted by Crippen LogP contribution is -2.35. The number of hydrogen-bond donors (Lipinski definition) is 2. The second kappa shape index (κ2) is 5.70. The molecule has 0 spiro atoms.